The molecule has 0 unspecified atom stereocenters. The second kappa shape index (κ2) is 9.58. The molecule has 2 aromatic carbocycles. The Balaban J connectivity index is 1.58. The molecule has 0 bridgehead atoms. The predicted molar refractivity (Wildman–Crippen MR) is 105 cm³/mol. The number of ether oxygens (including phenoxy) is 3. The van der Waals surface area contributed by atoms with Crippen molar-refractivity contribution >= 4 is 5.91 Å². The zero-order chi connectivity index (χ0) is 20.8. The van der Waals surface area contributed by atoms with E-state index in [9.17, 15) is 13.6 Å². The Kier molecular flexibility index (Phi) is 6.90. The Morgan fingerprint density at radius 2 is 1.72 bits per heavy atom. The number of nitrogens with zero attached hydrogens (tertiary/aromatic N) is 1. The van der Waals surface area contributed by atoms with Crippen molar-refractivity contribution < 1.29 is 27.8 Å². The van der Waals surface area contributed by atoms with Crippen LogP contribution in [0.3, 0.4) is 0 Å². The number of likely N-dealkylation sites (tertiary alicyclic amines) is 1. The molecule has 1 amide bonds. The predicted octanol–water partition coefficient (Wildman–Crippen LogP) is 4.40. The molecule has 0 aromatic heterocycles. The Labute approximate surface area is 169 Å². The highest BCUT2D eigenvalue weighted by molar-refractivity contribution is 5.95. The number of hydrogen-bond acceptors (Lipinski definition) is 4. The first kappa shape index (κ1) is 20.9. The molecule has 0 spiro atoms. The monoisotopic (exact) mass is 405 g/mol. The summed E-state index contributed by atoms with van der Waals surface area (Å²) in [5.74, 6) is 1.26. The van der Waals surface area contributed by atoms with Crippen LogP contribution < -0.4 is 14.2 Å². The lowest BCUT2D eigenvalue weighted by Crippen LogP contribution is -2.38. The van der Waals surface area contributed by atoms with Gasteiger partial charge in [0, 0.05) is 18.7 Å². The Bertz CT molecular complexity index is 818. The van der Waals surface area contributed by atoms with E-state index in [0.29, 0.717) is 24.6 Å². The first-order valence-electron chi connectivity index (χ1n) is 9.55. The third kappa shape index (κ3) is 5.37. The molecule has 7 heteroatoms. The number of piperidine rings is 1. The molecule has 0 radical (unpaired) electrons. The molecule has 1 aliphatic heterocycles. The maximum Gasteiger partial charge on any atom is 0.387 e. The van der Waals surface area contributed by atoms with Gasteiger partial charge in [-0.1, -0.05) is 12.1 Å². The number of halogens is 2. The van der Waals surface area contributed by atoms with Crippen molar-refractivity contribution in [3.63, 3.8) is 0 Å². The van der Waals surface area contributed by atoms with Gasteiger partial charge in [0.05, 0.1) is 14.2 Å². The molecular formula is C22H25F2NO4. The van der Waals surface area contributed by atoms with Crippen molar-refractivity contribution in [1.82, 2.24) is 4.90 Å². The molecule has 0 atom stereocenters. The highest BCUT2D eigenvalue weighted by atomic mass is 19.3. The molecule has 0 N–H and O–H groups in total. The van der Waals surface area contributed by atoms with Crippen molar-refractivity contribution in [2.24, 2.45) is 5.92 Å². The summed E-state index contributed by atoms with van der Waals surface area (Å²) in [6.07, 6.45) is 2.81. The Morgan fingerprint density at radius 1 is 1.03 bits per heavy atom. The van der Waals surface area contributed by atoms with Crippen LogP contribution in [0.2, 0.25) is 0 Å². The molecule has 0 aliphatic carbocycles. The summed E-state index contributed by atoms with van der Waals surface area (Å²) >= 11 is 0. The number of amides is 1. The fraction of sp³-hybridized carbons (Fsp3) is 0.409. The van der Waals surface area contributed by atoms with Crippen molar-refractivity contribution in [2.45, 2.75) is 25.9 Å². The summed E-state index contributed by atoms with van der Waals surface area (Å²) in [6.45, 7) is -1.62. The van der Waals surface area contributed by atoms with Crippen molar-refractivity contribution in [3.8, 4) is 17.2 Å². The van der Waals surface area contributed by atoms with Gasteiger partial charge in [0.2, 0.25) is 0 Å². The van der Waals surface area contributed by atoms with Crippen LogP contribution in [0.1, 0.15) is 28.8 Å². The van der Waals surface area contributed by atoms with Crippen LogP contribution in [0, 0.1) is 5.92 Å². The average molecular weight is 405 g/mol. The molecular weight excluding hydrogens is 380 g/mol. The molecule has 1 aliphatic rings. The van der Waals surface area contributed by atoms with Crippen LogP contribution in [-0.2, 0) is 6.42 Å². The summed E-state index contributed by atoms with van der Waals surface area (Å²) in [6, 6.07) is 12.4. The van der Waals surface area contributed by atoms with E-state index in [1.54, 1.807) is 12.0 Å². The van der Waals surface area contributed by atoms with Gasteiger partial charge in [-0.25, -0.2) is 0 Å². The van der Waals surface area contributed by atoms with E-state index in [0.717, 1.165) is 25.0 Å². The number of alkyl halides is 2. The van der Waals surface area contributed by atoms with Gasteiger partial charge in [0.1, 0.15) is 5.75 Å². The molecule has 1 heterocycles. The third-order valence-corrected chi connectivity index (χ3v) is 5.21. The van der Waals surface area contributed by atoms with Crippen LogP contribution in [0.5, 0.6) is 17.2 Å². The van der Waals surface area contributed by atoms with Gasteiger partial charge >= 0.3 is 6.61 Å². The van der Waals surface area contributed by atoms with E-state index in [2.05, 4.69) is 16.9 Å². The van der Waals surface area contributed by atoms with E-state index in [4.69, 9.17) is 9.47 Å². The summed E-state index contributed by atoms with van der Waals surface area (Å²) in [5, 5.41) is 0. The fourth-order valence-corrected chi connectivity index (χ4v) is 3.61. The fourth-order valence-electron chi connectivity index (χ4n) is 3.61. The molecule has 5 nitrogen and oxygen atoms in total. The zero-order valence-electron chi connectivity index (χ0n) is 16.6. The maximum atomic E-state index is 12.8. The van der Waals surface area contributed by atoms with Crippen LogP contribution in [-0.4, -0.2) is 44.7 Å². The van der Waals surface area contributed by atoms with Gasteiger partial charge < -0.3 is 19.1 Å². The lowest BCUT2D eigenvalue weighted by Gasteiger charge is -2.32. The van der Waals surface area contributed by atoms with Gasteiger partial charge in [0.25, 0.3) is 5.91 Å². The highest BCUT2D eigenvalue weighted by Gasteiger charge is 2.25. The zero-order valence-corrected chi connectivity index (χ0v) is 16.6. The van der Waals surface area contributed by atoms with Crippen LogP contribution in [0.15, 0.2) is 42.5 Å². The maximum absolute atomic E-state index is 12.8. The number of hydrogen-bond donors (Lipinski definition) is 0. The molecule has 1 fully saturated rings. The third-order valence-electron chi connectivity index (χ3n) is 5.21. The summed E-state index contributed by atoms with van der Waals surface area (Å²) in [5.41, 5.74) is 1.66. The molecule has 29 heavy (non-hydrogen) atoms. The van der Waals surface area contributed by atoms with Crippen LogP contribution >= 0.6 is 0 Å². The number of benzene rings is 2. The summed E-state index contributed by atoms with van der Waals surface area (Å²) < 4.78 is 39.6. The lowest BCUT2D eigenvalue weighted by atomic mass is 9.90. The second-order valence-electron chi connectivity index (χ2n) is 7.03. The smallest absolute Gasteiger partial charge is 0.387 e. The van der Waals surface area contributed by atoms with Gasteiger partial charge in [-0.15, -0.1) is 0 Å². The minimum absolute atomic E-state index is 0.0859. The van der Waals surface area contributed by atoms with Crippen LogP contribution in [0.25, 0.3) is 0 Å². The molecule has 2 aromatic rings. The minimum atomic E-state index is -2.95. The number of carbonyl (C=O) groups excluding carboxylic acids is 1. The molecule has 1 saturated heterocycles. The second-order valence-corrected chi connectivity index (χ2v) is 7.03. The quantitative estimate of drug-likeness (QED) is 0.685. The normalized spacial score (nSPS) is 14.7. The highest BCUT2D eigenvalue weighted by Crippen LogP contribution is 2.31. The van der Waals surface area contributed by atoms with Gasteiger partial charge in [0.15, 0.2) is 11.5 Å². The van der Waals surface area contributed by atoms with Gasteiger partial charge in [-0.2, -0.15) is 8.78 Å². The lowest BCUT2D eigenvalue weighted by molar-refractivity contribution is -0.0512. The molecule has 156 valence electrons. The Morgan fingerprint density at radius 3 is 2.31 bits per heavy atom. The first-order chi connectivity index (χ1) is 14.0. The van der Waals surface area contributed by atoms with Crippen molar-refractivity contribution in [1.29, 1.82) is 0 Å². The van der Waals surface area contributed by atoms with E-state index in [-0.39, 0.29) is 17.4 Å². The largest absolute Gasteiger partial charge is 0.497 e. The van der Waals surface area contributed by atoms with E-state index >= 15 is 0 Å². The summed E-state index contributed by atoms with van der Waals surface area (Å²) in [7, 11) is 3.00. The van der Waals surface area contributed by atoms with Gasteiger partial charge in [-0.3, -0.25) is 4.79 Å². The Hall–Kier alpha value is -2.83. The minimum Gasteiger partial charge on any atom is -0.497 e. The standard InChI is InChI=1S/C22H25F2NO4/c1-27-18-6-3-15(4-7-18)13-16-9-11-25(12-10-16)21(26)17-5-8-19(29-22(23)24)20(14-17)28-2/h3-8,14,16,22H,9-13H2,1-2H3. The van der Waals surface area contributed by atoms with Crippen LogP contribution in [0.4, 0.5) is 8.78 Å². The van der Waals surface area contributed by atoms with E-state index in [1.165, 1.54) is 30.9 Å². The summed E-state index contributed by atoms with van der Waals surface area (Å²) in [4.78, 5) is 14.6. The average Bonchev–Trinajstić information content (AvgIpc) is 2.74. The topological polar surface area (TPSA) is 48.0 Å². The van der Waals surface area contributed by atoms with Gasteiger partial charge in [-0.05, 0) is 61.1 Å². The van der Waals surface area contributed by atoms with E-state index < -0.39 is 6.61 Å². The van der Waals surface area contributed by atoms with Crippen molar-refractivity contribution in [3.05, 3.63) is 53.6 Å². The SMILES string of the molecule is COc1ccc(CC2CCN(C(=O)c3ccc(OC(F)F)c(OC)c3)CC2)cc1. The number of carbonyl (C=O) groups is 1. The number of methoxy groups -OCH3 is 2. The number of rotatable bonds is 7. The molecule has 0 saturated carbocycles. The first-order valence-corrected chi connectivity index (χ1v) is 9.55. The molecule has 3 rings (SSSR count). The van der Waals surface area contributed by atoms with Crippen molar-refractivity contribution in [2.75, 3.05) is 27.3 Å². The van der Waals surface area contributed by atoms with E-state index in [1.807, 2.05) is 12.1 Å².